The number of nitrogens with two attached hydrogens (primary N) is 1. The molecular weight excluding hydrogens is 264 g/mol. The average molecular weight is 286 g/mol. The van der Waals surface area contributed by atoms with Crippen molar-refractivity contribution in [2.75, 3.05) is 0 Å². The van der Waals surface area contributed by atoms with Gasteiger partial charge in [0, 0.05) is 18.7 Å². The van der Waals surface area contributed by atoms with Gasteiger partial charge in [0.05, 0.1) is 0 Å². The molecule has 0 radical (unpaired) electrons. The van der Waals surface area contributed by atoms with E-state index < -0.39 is 0 Å². The van der Waals surface area contributed by atoms with E-state index in [-0.39, 0.29) is 0 Å². The molecule has 112 valence electrons. The second kappa shape index (κ2) is 6.80. The minimum Gasteiger partial charge on any atom is -0.332 e. The third-order valence-corrected chi connectivity index (χ3v) is 4.19. The van der Waals surface area contributed by atoms with Crippen LogP contribution in [0, 0.1) is 0 Å². The van der Waals surface area contributed by atoms with Gasteiger partial charge in [0.15, 0.2) is 5.82 Å². The lowest BCUT2D eigenvalue weighted by molar-refractivity contribution is 0.392. The molecule has 5 nitrogen and oxygen atoms in total. The van der Waals surface area contributed by atoms with Gasteiger partial charge in [-0.1, -0.05) is 43.3 Å². The van der Waals surface area contributed by atoms with E-state index in [1.54, 1.807) is 6.20 Å². The SMILES string of the molecule is NCc1ccc(-c2nc(C3CCCCCCC3)no2)nc1. The normalized spacial score (nSPS) is 17.4. The van der Waals surface area contributed by atoms with E-state index >= 15 is 0 Å². The average Bonchev–Trinajstić information content (AvgIpc) is 2.97. The first-order valence-corrected chi connectivity index (χ1v) is 7.86. The highest BCUT2D eigenvalue weighted by Crippen LogP contribution is 2.30. The van der Waals surface area contributed by atoms with Crippen LogP contribution in [0.3, 0.4) is 0 Å². The molecule has 0 atom stereocenters. The molecule has 0 spiro atoms. The van der Waals surface area contributed by atoms with E-state index in [4.69, 9.17) is 10.3 Å². The molecule has 1 aliphatic carbocycles. The van der Waals surface area contributed by atoms with Crippen molar-refractivity contribution in [3.8, 4) is 11.6 Å². The van der Waals surface area contributed by atoms with E-state index in [1.165, 1.54) is 44.9 Å². The molecule has 2 aromatic rings. The highest BCUT2D eigenvalue weighted by molar-refractivity contribution is 5.46. The summed E-state index contributed by atoms with van der Waals surface area (Å²) in [6.07, 6.45) is 10.6. The predicted molar refractivity (Wildman–Crippen MR) is 80.5 cm³/mol. The molecule has 1 saturated carbocycles. The summed E-state index contributed by atoms with van der Waals surface area (Å²) in [6, 6.07) is 3.83. The Balaban J connectivity index is 1.74. The molecular formula is C16H22N4O. The Morgan fingerprint density at radius 2 is 1.86 bits per heavy atom. The maximum absolute atomic E-state index is 5.58. The fourth-order valence-electron chi connectivity index (χ4n) is 2.89. The van der Waals surface area contributed by atoms with Crippen molar-refractivity contribution < 1.29 is 4.52 Å². The first kappa shape index (κ1) is 14.2. The summed E-state index contributed by atoms with van der Waals surface area (Å²) >= 11 is 0. The third kappa shape index (κ3) is 3.47. The Labute approximate surface area is 125 Å². The lowest BCUT2D eigenvalue weighted by atomic mass is 9.91. The number of pyridine rings is 1. The molecule has 2 aromatic heterocycles. The second-order valence-electron chi connectivity index (χ2n) is 5.76. The van der Waals surface area contributed by atoms with Gasteiger partial charge in [-0.15, -0.1) is 0 Å². The number of aromatic nitrogens is 3. The van der Waals surface area contributed by atoms with Gasteiger partial charge in [-0.3, -0.25) is 4.98 Å². The standard InChI is InChI=1S/C16H22N4O/c17-10-12-8-9-14(18-11-12)16-19-15(20-21-16)13-6-4-2-1-3-5-7-13/h8-9,11,13H,1-7,10,17H2. The zero-order valence-electron chi connectivity index (χ0n) is 12.3. The maximum atomic E-state index is 5.58. The lowest BCUT2D eigenvalue weighted by Gasteiger charge is -2.15. The third-order valence-electron chi connectivity index (χ3n) is 4.19. The lowest BCUT2D eigenvalue weighted by Crippen LogP contribution is -2.04. The van der Waals surface area contributed by atoms with Gasteiger partial charge < -0.3 is 10.3 Å². The summed E-state index contributed by atoms with van der Waals surface area (Å²) in [4.78, 5) is 8.90. The number of hydrogen-bond acceptors (Lipinski definition) is 5. The molecule has 0 bridgehead atoms. The first-order chi connectivity index (χ1) is 10.4. The molecule has 1 aliphatic rings. The quantitative estimate of drug-likeness (QED) is 0.935. The second-order valence-corrected chi connectivity index (χ2v) is 5.76. The van der Waals surface area contributed by atoms with Crippen molar-refractivity contribution >= 4 is 0 Å². The molecule has 5 heteroatoms. The molecule has 0 unspecified atom stereocenters. The Hall–Kier alpha value is -1.75. The van der Waals surface area contributed by atoms with Crippen molar-refractivity contribution in [1.82, 2.24) is 15.1 Å². The fraction of sp³-hybridized carbons (Fsp3) is 0.562. The van der Waals surface area contributed by atoms with Crippen LogP contribution in [-0.4, -0.2) is 15.1 Å². The van der Waals surface area contributed by atoms with Crippen LogP contribution < -0.4 is 5.73 Å². The molecule has 2 N–H and O–H groups in total. The van der Waals surface area contributed by atoms with E-state index in [0.29, 0.717) is 18.4 Å². The topological polar surface area (TPSA) is 77.8 Å². The van der Waals surface area contributed by atoms with Gasteiger partial charge in [-0.25, -0.2) is 0 Å². The van der Waals surface area contributed by atoms with Gasteiger partial charge in [0.25, 0.3) is 5.89 Å². The van der Waals surface area contributed by atoms with Crippen LogP contribution in [0.15, 0.2) is 22.9 Å². The predicted octanol–water partition coefficient (Wildman–Crippen LogP) is 3.42. The van der Waals surface area contributed by atoms with Crippen LogP contribution >= 0.6 is 0 Å². The maximum Gasteiger partial charge on any atom is 0.276 e. The van der Waals surface area contributed by atoms with Crippen LogP contribution in [0.5, 0.6) is 0 Å². The zero-order valence-corrected chi connectivity index (χ0v) is 12.3. The van der Waals surface area contributed by atoms with Gasteiger partial charge in [0.2, 0.25) is 0 Å². The summed E-state index contributed by atoms with van der Waals surface area (Å²) in [7, 11) is 0. The molecule has 2 heterocycles. The molecule has 21 heavy (non-hydrogen) atoms. The molecule has 0 saturated heterocycles. The Morgan fingerprint density at radius 1 is 1.10 bits per heavy atom. The van der Waals surface area contributed by atoms with E-state index in [1.807, 2.05) is 12.1 Å². The monoisotopic (exact) mass is 286 g/mol. The van der Waals surface area contributed by atoms with Gasteiger partial charge in [0.1, 0.15) is 5.69 Å². The van der Waals surface area contributed by atoms with Gasteiger partial charge in [-0.05, 0) is 24.5 Å². The van der Waals surface area contributed by atoms with E-state index in [9.17, 15) is 0 Å². The Kier molecular flexibility index (Phi) is 4.60. The van der Waals surface area contributed by atoms with E-state index in [0.717, 1.165) is 17.1 Å². The van der Waals surface area contributed by atoms with Crippen molar-refractivity contribution in [3.63, 3.8) is 0 Å². The molecule has 0 amide bonds. The van der Waals surface area contributed by atoms with Crippen molar-refractivity contribution in [2.45, 2.75) is 57.4 Å². The Bertz CT molecular complexity index is 556. The fourth-order valence-corrected chi connectivity index (χ4v) is 2.89. The van der Waals surface area contributed by atoms with Crippen LogP contribution in [0.1, 0.15) is 62.3 Å². The molecule has 0 aromatic carbocycles. The minimum atomic E-state index is 0.436. The summed E-state index contributed by atoms with van der Waals surface area (Å²) in [5.41, 5.74) is 7.29. The van der Waals surface area contributed by atoms with Gasteiger partial charge >= 0.3 is 0 Å². The summed E-state index contributed by atoms with van der Waals surface area (Å²) in [6.45, 7) is 0.491. The highest BCUT2D eigenvalue weighted by atomic mass is 16.5. The summed E-state index contributed by atoms with van der Waals surface area (Å²) in [5.74, 6) is 1.79. The molecule has 3 rings (SSSR count). The van der Waals surface area contributed by atoms with E-state index in [2.05, 4.69) is 15.1 Å². The number of rotatable bonds is 3. The number of hydrogen-bond donors (Lipinski definition) is 1. The highest BCUT2D eigenvalue weighted by Gasteiger charge is 2.20. The van der Waals surface area contributed by atoms with Crippen molar-refractivity contribution in [3.05, 3.63) is 29.7 Å². The van der Waals surface area contributed by atoms with Crippen molar-refractivity contribution in [2.24, 2.45) is 5.73 Å². The zero-order chi connectivity index (χ0) is 14.5. The minimum absolute atomic E-state index is 0.436. The smallest absolute Gasteiger partial charge is 0.276 e. The molecule has 1 fully saturated rings. The van der Waals surface area contributed by atoms with Crippen LogP contribution in [0.2, 0.25) is 0 Å². The largest absolute Gasteiger partial charge is 0.332 e. The first-order valence-electron chi connectivity index (χ1n) is 7.86. The Morgan fingerprint density at radius 3 is 2.52 bits per heavy atom. The van der Waals surface area contributed by atoms with Gasteiger partial charge in [-0.2, -0.15) is 4.98 Å². The number of nitrogens with zero attached hydrogens (tertiary/aromatic N) is 3. The summed E-state index contributed by atoms with van der Waals surface area (Å²) < 4.78 is 5.39. The van der Waals surface area contributed by atoms with Crippen LogP contribution in [0.25, 0.3) is 11.6 Å². The summed E-state index contributed by atoms with van der Waals surface area (Å²) in [5, 5.41) is 4.18. The van der Waals surface area contributed by atoms with Crippen LogP contribution in [0.4, 0.5) is 0 Å². The molecule has 0 aliphatic heterocycles. The van der Waals surface area contributed by atoms with Crippen LogP contribution in [-0.2, 0) is 6.54 Å². The van der Waals surface area contributed by atoms with Crippen molar-refractivity contribution in [1.29, 1.82) is 0 Å².